The van der Waals surface area contributed by atoms with E-state index in [0.717, 1.165) is 23.8 Å². The molecular formula is C20H23NO4. The molecule has 5 heteroatoms. The van der Waals surface area contributed by atoms with Gasteiger partial charge >= 0.3 is 5.97 Å². The number of benzene rings is 2. The molecule has 0 saturated carbocycles. The largest absolute Gasteiger partial charge is 0.480 e. The Hall–Kier alpha value is -2.40. The van der Waals surface area contributed by atoms with Crippen molar-refractivity contribution >= 4 is 22.6 Å². The molecule has 2 unspecified atom stereocenters. The van der Waals surface area contributed by atoms with Crippen LogP contribution in [-0.4, -0.2) is 36.2 Å². The highest BCUT2D eigenvalue weighted by molar-refractivity contribution is 5.85. The van der Waals surface area contributed by atoms with Gasteiger partial charge in [-0.2, -0.15) is 0 Å². The Morgan fingerprint density at radius 2 is 2.00 bits per heavy atom. The summed E-state index contributed by atoms with van der Waals surface area (Å²) in [5, 5.41) is 14.4. The highest BCUT2D eigenvalue weighted by Gasteiger charge is 2.31. The number of ether oxygens (including phenoxy) is 1. The van der Waals surface area contributed by atoms with Crippen molar-refractivity contribution < 1.29 is 19.4 Å². The number of amides is 1. The van der Waals surface area contributed by atoms with Crippen molar-refractivity contribution in [2.75, 3.05) is 13.2 Å². The summed E-state index contributed by atoms with van der Waals surface area (Å²) in [6.45, 7) is 1.06. The first kappa shape index (κ1) is 17.4. The first-order valence-corrected chi connectivity index (χ1v) is 8.71. The lowest BCUT2D eigenvalue weighted by atomic mass is 9.93. The maximum atomic E-state index is 12.2. The van der Waals surface area contributed by atoms with Crippen LogP contribution in [0.3, 0.4) is 0 Å². The number of nitrogens with one attached hydrogen (secondary N) is 1. The lowest BCUT2D eigenvalue weighted by molar-refractivity contribution is -0.145. The van der Waals surface area contributed by atoms with Crippen LogP contribution in [0, 0.1) is 5.92 Å². The number of carbonyl (C=O) groups is 2. The first-order valence-electron chi connectivity index (χ1n) is 8.71. The topological polar surface area (TPSA) is 75.6 Å². The number of fused-ring (bicyclic) bond motifs is 1. The fraction of sp³-hybridized carbons (Fsp3) is 0.400. The molecular weight excluding hydrogens is 318 g/mol. The molecule has 2 atom stereocenters. The zero-order valence-electron chi connectivity index (χ0n) is 14.1. The van der Waals surface area contributed by atoms with Crippen LogP contribution in [-0.2, 0) is 20.7 Å². The quantitative estimate of drug-likeness (QED) is 0.847. The van der Waals surface area contributed by atoms with E-state index in [-0.39, 0.29) is 18.2 Å². The molecule has 0 aromatic heterocycles. The summed E-state index contributed by atoms with van der Waals surface area (Å²) >= 11 is 0. The Labute approximate surface area is 147 Å². The molecule has 1 fully saturated rings. The minimum atomic E-state index is -0.991. The minimum Gasteiger partial charge on any atom is -0.480 e. The van der Waals surface area contributed by atoms with E-state index in [0.29, 0.717) is 19.6 Å². The normalized spacial score (nSPS) is 18.6. The van der Waals surface area contributed by atoms with Gasteiger partial charge in [0.2, 0.25) is 5.91 Å². The lowest BCUT2D eigenvalue weighted by Crippen LogP contribution is -2.48. The van der Waals surface area contributed by atoms with Crippen molar-refractivity contribution in [2.24, 2.45) is 5.92 Å². The van der Waals surface area contributed by atoms with Gasteiger partial charge in [-0.15, -0.1) is 0 Å². The van der Waals surface area contributed by atoms with Gasteiger partial charge in [-0.1, -0.05) is 42.5 Å². The first-order chi connectivity index (χ1) is 12.1. The second-order valence-corrected chi connectivity index (χ2v) is 6.54. The Kier molecular flexibility index (Phi) is 5.66. The zero-order valence-corrected chi connectivity index (χ0v) is 14.1. The van der Waals surface area contributed by atoms with Gasteiger partial charge in [-0.25, -0.2) is 4.79 Å². The summed E-state index contributed by atoms with van der Waals surface area (Å²) in [6, 6.07) is 13.3. The van der Waals surface area contributed by atoms with Crippen molar-refractivity contribution in [3.63, 3.8) is 0 Å². The Balaban J connectivity index is 1.57. The van der Waals surface area contributed by atoms with Gasteiger partial charge in [-0.3, -0.25) is 4.79 Å². The van der Waals surface area contributed by atoms with Crippen LogP contribution in [0.5, 0.6) is 0 Å². The van der Waals surface area contributed by atoms with Crippen molar-refractivity contribution in [1.82, 2.24) is 5.32 Å². The van der Waals surface area contributed by atoms with Crippen LogP contribution in [0.4, 0.5) is 0 Å². The van der Waals surface area contributed by atoms with Gasteiger partial charge in [0.05, 0.1) is 6.61 Å². The van der Waals surface area contributed by atoms with Crippen LogP contribution in [0.2, 0.25) is 0 Å². The van der Waals surface area contributed by atoms with Gasteiger partial charge < -0.3 is 15.2 Å². The minimum absolute atomic E-state index is 0.157. The van der Waals surface area contributed by atoms with E-state index in [1.165, 1.54) is 5.39 Å². The molecule has 3 rings (SSSR count). The summed E-state index contributed by atoms with van der Waals surface area (Å²) in [5.41, 5.74) is 1.07. The lowest BCUT2D eigenvalue weighted by Gasteiger charge is -2.28. The van der Waals surface area contributed by atoms with E-state index in [2.05, 4.69) is 17.4 Å². The average molecular weight is 341 g/mol. The Morgan fingerprint density at radius 1 is 1.20 bits per heavy atom. The molecule has 2 N–H and O–H groups in total. The van der Waals surface area contributed by atoms with Crippen LogP contribution in [0.25, 0.3) is 10.8 Å². The number of hydrogen-bond acceptors (Lipinski definition) is 3. The van der Waals surface area contributed by atoms with E-state index in [9.17, 15) is 14.7 Å². The van der Waals surface area contributed by atoms with E-state index in [1.807, 2.05) is 30.3 Å². The predicted molar refractivity (Wildman–Crippen MR) is 95.4 cm³/mol. The highest BCUT2D eigenvalue weighted by atomic mass is 16.5. The van der Waals surface area contributed by atoms with Gasteiger partial charge in [0, 0.05) is 18.9 Å². The maximum absolute atomic E-state index is 12.2. The second kappa shape index (κ2) is 8.12. The number of carbonyl (C=O) groups excluding carboxylic acids is 1. The summed E-state index contributed by atoms with van der Waals surface area (Å²) in [5.74, 6) is -1.38. The molecule has 1 aliphatic rings. The van der Waals surface area contributed by atoms with Crippen molar-refractivity contribution in [3.8, 4) is 0 Å². The van der Waals surface area contributed by atoms with Gasteiger partial charge in [0.25, 0.3) is 0 Å². The third-order valence-corrected chi connectivity index (χ3v) is 4.70. The Morgan fingerprint density at radius 3 is 2.72 bits per heavy atom. The molecule has 0 aliphatic carbocycles. The third-order valence-electron chi connectivity index (χ3n) is 4.70. The van der Waals surface area contributed by atoms with Crippen molar-refractivity contribution in [1.29, 1.82) is 0 Å². The molecule has 1 amide bonds. The maximum Gasteiger partial charge on any atom is 0.326 e. The molecule has 0 radical (unpaired) electrons. The zero-order chi connectivity index (χ0) is 17.6. The number of aliphatic carboxylic acids is 1. The van der Waals surface area contributed by atoms with Gasteiger partial charge in [0.15, 0.2) is 0 Å². The fourth-order valence-electron chi connectivity index (χ4n) is 3.31. The number of aryl methyl sites for hydroxylation is 1. The second-order valence-electron chi connectivity index (χ2n) is 6.54. The van der Waals surface area contributed by atoms with E-state index in [1.54, 1.807) is 0 Å². The van der Waals surface area contributed by atoms with E-state index < -0.39 is 12.0 Å². The number of hydrogen-bond donors (Lipinski definition) is 2. The monoisotopic (exact) mass is 341 g/mol. The van der Waals surface area contributed by atoms with Crippen LogP contribution in [0.1, 0.15) is 24.8 Å². The summed E-state index contributed by atoms with van der Waals surface area (Å²) in [6.07, 6.45) is 2.46. The molecule has 2 aromatic carbocycles. The van der Waals surface area contributed by atoms with Crippen LogP contribution >= 0.6 is 0 Å². The molecule has 1 saturated heterocycles. The Bertz CT molecular complexity index is 752. The molecule has 0 bridgehead atoms. The van der Waals surface area contributed by atoms with Gasteiger partial charge in [0.1, 0.15) is 6.04 Å². The number of carboxylic acids is 1. The summed E-state index contributed by atoms with van der Waals surface area (Å²) in [7, 11) is 0. The molecule has 5 nitrogen and oxygen atoms in total. The molecule has 2 aromatic rings. The number of carboxylic acid groups (broad SMARTS) is 1. The fourth-order valence-corrected chi connectivity index (χ4v) is 3.31. The van der Waals surface area contributed by atoms with E-state index >= 15 is 0 Å². The average Bonchev–Trinajstić information content (AvgIpc) is 2.64. The summed E-state index contributed by atoms with van der Waals surface area (Å²) in [4.78, 5) is 23.7. The van der Waals surface area contributed by atoms with Crippen molar-refractivity contribution in [2.45, 2.75) is 31.7 Å². The molecule has 1 heterocycles. The predicted octanol–water partition coefficient (Wildman–Crippen LogP) is 2.77. The van der Waals surface area contributed by atoms with E-state index in [4.69, 9.17) is 4.74 Å². The summed E-state index contributed by atoms with van der Waals surface area (Å²) < 4.78 is 5.35. The standard InChI is InChI=1S/C20H23NO4/c22-18(21-19(20(23)24)17-6-3-11-25-13-17)10-8-14-7-9-15-4-1-2-5-16(15)12-14/h1-2,4-5,7,9,12,17,19H,3,6,8,10-11,13H2,(H,21,22)(H,23,24). The number of rotatable bonds is 6. The van der Waals surface area contributed by atoms with Crippen LogP contribution < -0.4 is 5.32 Å². The SMILES string of the molecule is O=C(CCc1ccc2ccccc2c1)NC(C(=O)O)C1CCCOC1. The molecule has 25 heavy (non-hydrogen) atoms. The van der Waals surface area contributed by atoms with Crippen LogP contribution in [0.15, 0.2) is 42.5 Å². The third kappa shape index (κ3) is 4.57. The highest BCUT2D eigenvalue weighted by Crippen LogP contribution is 2.19. The van der Waals surface area contributed by atoms with Gasteiger partial charge in [-0.05, 0) is 35.6 Å². The molecule has 0 spiro atoms. The smallest absolute Gasteiger partial charge is 0.326 e. The van der Waals surface area contributed by atoms with Crippen molar-refractivity contribution in [3.05, 3.63) is 48.0 Å². The molecule has 1 aliphatic heterocycles. The molecule has 132 valence electrons.